The maximum Gasteiger partial charge on any atom is 0.253 e. The van der Waals surface area contributed by atoms with Gasteiger partial charge in [0.2, 0.25) is 0 Å². The van der Waals surface area contributed by atoms with Gasteiger partial charge >= 0.3 is 0 Å². The average Bonchev–Trinajstić information content (AvgIpc) is 3.49. The van der Waals surface area contributed by atoms with Crippen molar-refractivity contribution in [2.45, 2.75) is 32.9 Å². The summed E-state index contributed by atoms with van der Waals surface area (Å²) in [7, 11) is 1.93. The molecule has 0 bridgehead atoms. The highest BCUT2D eigenvalue weighted by molar-refractivity contribution is 6.06. The summed E-state index contributed by atoms with van der Waals surface area (Å²) in [6, 6.07) is 19.6. The molecule has 1 amide bonds. The first-order chi connectivity index (χ1) is 16.9. The molecule has 0 spiro atoms. The van der Waals surface area contributed by atoms with E-state index < -0.39 is 6.04 Å². The first-order valence-corrected chi connectivity index (χ1v) is 11.7. The van der Waals surface area contributed by atoms with Crippen molar-refractivity contribution in [3.63, 3.8) is 0 Å². The van der Waals surface area contributed by atoms with Crippen LogP contribution >= 0.6 is 0 Å². The van der Waals surface area contributed by atoms with Crippen LogP contribution in [0.3, 0.4) is 0 Å². The summed E-state index contributed by atoms with van der Waals surface area (Å²) in [6.45, 7) is 6.16. The van der Waals surface area contributed by atoms with Gasteiger partial charge < -0.3 is 9.88 Å². The zero-order valence-electron chi connectivity index (χ0n) is 20.3. The van der Waals surface area contributed by atoms with E-state index in [1.54, 1.807) is 12.4 Å². The Kier molecular flexibility index (Phi) is 5.91. The van der Waals surface area contributed by atoms with E-state index in [0.29, 0.717) is 11.2 Å². The van der Waals surface area contributed by atoms with Crippen molar-refractivity contribution in [2.24, 2.45) is 7.05 Å². The number of aromatic nitrogens is 5. The largest absolute Gasteiger partial charge is 0.338 e. The van der Waals surface area contributed by atoms with Crippen LogP contribution in [-0.2, 0) is 7.05 Å². The van der Waals surface area contributed by atoms with Gasteiger partial charge in [0.15, 0.2) is 5.65 Å². The molecular weight excluding hydrogens is 436 g/mol. The van der Waals surface area contributed by atoms with Crippen molar-refractivity contribution in [3.05, 3.63) is 102 Å². The van der Waals surface area contributed by atoms with Crippen molar-refractivity contribution in [1.82, 2.24) is 29.6 Å². The number of nitrogens with one attached hydrogen (secondary N) is 1. The number of fused-ring (bicyclic) bond motifs is 1. The zero-order valence-corrected chi connectivity index (χ0v) is 20.3. The Morgan fingerprint density at radius 3 is 2.43 bits per heavy atom. The Morgan fingerprint density at radius 1 is 1.03 bits per heavy atom. The number of carbonyl (C=O) groups is 1. The molecule has 3 heterocycles. The molecule has 0 aliphatic carbocycles. The molecule has 0 saturated carbocycles. The van der Waals surface area contributed by atoms with E-state index in [0.717, 1.165) is 28.0 Å². The van der Waals surface area contributed by atoms with Crippen LogP contribution in [0.5, 0.6) is 0 Å². The van der Waals surface area contributed by atoms with E-state index in [4.69, 9.17) is 4.98 Å². The zero-order chi connectivity index (χ0) is 24.5. The summed E-state index contributed by atoms with van der Waals surface area (Å²) in [5.74, 6) is 0.553. The highest BCUT2D eigenvalue weighted by Gasteiger charge is 2.24. The van der Waals surface area contributed by atoms with Crippen LogP contribution in [-0.4, -0.2) is 30.2 Å². The average molecular weight is 465 g/mol. The molecule has 0 fully saturated rings. The van der Waals surface area contributed by atoms with Crippen LogP contribution in [0.4, 0.5) is 0 Å². The molecule has 0 radical (unpaired) electrons. The third-order valence-electron chi connectivity index (χ3n) is 6.17. The van der Waals surface area contributed by atoms with Gasteiger partial charge in [0, 0.05) is 31.0 Å². The molecule has 5 aromatic rings. The van der Waals surface area contributed by atoms with Crippen molar-refractivity contribution in [3.8, 4) is 11.3 Å². The molecule has 35 heavy (non-hydrogen) atoms. The number of hydrogen-bond donors (Lipinski definition) is 1. The smallest absolute Gasteiger partial charge is 0.253 e. The van der Waals surface area contributed by atoms with Gasteiger partial charge in [-0.15, -0.1) is 0 Å². The second-order valence-corrected chi connectivity index (χ2v) is 9.05. The van der Waals surface area contributed by atoms with E-state index in [9.17, 15) is 4.79 Å². The number of nitrogens with zero attached hydrogens (tertiary/aromatic N) is 5. The van der Waals surface area contributed by atoms with Crippen LogP contribution in [0.1, 0.15) is 53.2 Å². The monoisotopic (exact) mass is 464 g/mol. The van der Waals surface area contributed by atoms with E-state index in [1.165, 1.54) is 5.56 Å². The van der Waals surface area contributed by atoms with Gasteiger partial charge in [-0.3, -0.25) is 4.79 Å². The van der Waals surface area contributed by atoms with Crippen molar-refractivity contribution < 1.29 is 4.79 Å². The van der Waals surface area contributed by atoms with Gasteiger partial charge in [-0.1, -0.05) is 60.2 Å². The Balaban J connectivity index is 1.62. The predicted molar refractivity (Wildman–Crippen MR) is 137 cm³/mol. The predicted octanol–water partition coefficient (Wildman–Crippen LogP) is 5.24. The first kappa shape index (κ1) is 22.5. The van der Waals surface area contributed by atoms with Gasteiger partial charge in [-0.05, 0) is 32.4 Å². The molecule has 0 aliphatic rings. The van der Waals surface area contributed by atoms with Crippen molar-refractivity contribution >= 4 is 16.9 Å². The third kappa shape index (κ3) is 4.33. The van der Waals surface area contributed by atoms with Crippen LogP contribution < -0.4 is 5.32 Å². The number of carbonyl (C=O) groups excluding carboxylic acids is 1. The van der Waals surface area contributed by atoms with Crippen LogP contribution in [0.2, 0.25) is 0 Å². The molecule has 1 N–H and O–H groups in total. The van der Waals surface area contributed by atoms with E-state index >= 15 is 0 Å². The molecular formula is C28H28N6O. The van der Waals surface area contributed by atoms with Gasteiger partial charge in [0.25, 0.3) is 5.91 Å². The van der Waals surface area contributed by atoms with Gasteiger partial charge in [0.1, 0.15) is 11.9 Å². The summed E-state index contributed by atoms with van der Waals surface area (Å²) in [5.41, 5.74) is 5.03. The fourth-order valence-electron chi connectivity index (χ4n) is 4.26. The van der Waals surface area contributed by atoms with Gasteiger partial charge in [0.05, 0.1) is 22.8 Å². The molecule has 5 rings (SSSR count). The second-order valence-electron chi connectivity index (χ2n) is 9.05. The lowest BCUT2D eigenvalue weighted by molar-refractivity contribution is 0.0942. The second kappa shape index (κ2) is 9.18. The lowest BCUT2D eigenvalue weighted by Gasteiger charge is -2.20. The van der Waals surface area contributed by atoms with Crippen molar-refractivity contribution in [1.29, 1.82) is 0 Å². The number of pyridine rings is 1. The number of rotatable bonds is 6. The maximum atomic E-state index is 13.9. The molecule has 0 aliphatic heterocycles. The Hall–Kier alpha value is -4.26. The number of aryl methyl sites for hydroxylation is 2. The fourth-order valence-corrected chi connectivity index (χ4v) is 4.26. The standard InChI is InChI=1S/C28H28N6O/c1-18(2)34-26-23(17-30-34)22(16-24(31-26)20-12-10-19(3)11-13-20)28(35)32-25(21-8-6-5-7-9-21)27-29-14-15-33(27)4/h5-18,25H,1-4H3,(H,32,35). The van der Waals surface area contributed by atoms with Crippen LogP contribution in [0.25, 0.3) is 22.3 Å². The summed E-state index contributed by atoms with van der Waals surface area (Å²) in [6.07, 6.45) is 5.35. The SMILES string of the molecule is Cc1ccc(-c2cc(C(=O)NC(c3ccccc3)c3nccn3C)c3cnn(C(C)C)c3n2)cc1. The molecule has 2 aromatic carbocycles. The van der Waals surface area contributed by atoms with Gasteiger partial charge in [-0.25, -0.2) is 14.6 Å². The lowest BCUT2D eigenvalue weighted by Crippen LogP contribution is -2.31. The molecule has 1 atom stereocenters. The number of hydrogen-bond acceptors (Lipinski definition) is 4. The van der Waals surface area contributed by atoms with Crippen LogP contribution in [0.15, 0.2) is 79.3 Å². The molecule has 176 valence electrons. The summed E-state index contributed by atoms with van der Waals surface area (Å²) in [4.78, 5) is 23.3. The van der Waals surface area contributed by atoms with Crippen molar-refractivity contribution in [2.75, 3.05) is 0 Å². The highest BCUT2D eigenvalue weighted by atomic mass is 16.1. The van der Waals surface area contributed by atoms with E-state index in [-0.39, 0.29) is 11.9 Å². The summed E-state index contributed by atoms with van der Waals surface area (Å²) < 4.78 is 3.78. The van der Waals surface area contributed by atoms with E-state index in [2.05, 4.69) is 36.2 Å². The summed E-state index contributed by atoms with van der Waals surface area (Å²) in [5, 5.41) is 8.49. The minimum atomic E-state index is -0.408. The highest BCUT2D eigenvalue weighted by Crippen LogP contribution is 2.28. The number of imidazole rings is 1. The summed E-state index contributed by atoms with van der Waals surface area (Å²) >= 11 is 0. The molecule has 1 unspecified atom stereocenters. The van der Waals surface area contributed by atoms with Gasteiger partial charge in [-0.2, -0.15) is 5.10 Å². The van der Waals surface area contributed by atoms with E-state index in [1.807, 2.05) is 83.2 Å². The molecule has 7 heteroatoms. The quantitative estimate of drug-likeness (QED) is 0.373. The Labute approximate surface area is 204 Å². The number of benzene rings is 2. The lowest BCUT2D eigenvalue weighted by atomic mass is 10.0. The minimum Gasteiger partial charge on any atom is -0.338 e. The normalized spacial score (nSPS) is 12.3. The van der Waals surface area contributed by atoms with Crippen LogP contribution in [0, 0.1) is 6.92 Å². The topological polar surface area (TPSA) is 77.6 Å². The Morgan fingerprint density at radius 2 is 1.77 bits per heavy atom. The minimum absolute atomic E-state index is 0.105. The first-order valence-electron chi connectivity index (χ1n) is 11.7. The molecule has 3 aromatic heterocycles. The maximum absolute atomic E-state index is 13.9. The molecule has 0 saturated heterocycles. The molecule has 7 nitrogen and oxygen atoms in total. The Bertz CT molecular complexity index is 1480. The third-order valence-corrected chi connectivity index (χ3v) is 6.17. The number of amides is 1. The fraction of sp³-hybridized carbons (Fsp3) is 0.214.